The Morgan fingerprint density at radius 1 is 1.00 bits per heavy atom. The number of phenols is 1. The van der Waals surface area contributed by atoms with Crippen molar-refractivity contribution < 1.29 is 5.11 Å². The number of rotatable bonds is 5. The summed E-state index contributed by atoms with van der Waals surface area (Å²) in [6, 6.07) is 17.8. The summed E-state index contributed by atoms with van der Waals surface area (Å²) >= 11 is 0. The second-order valence-electron chi connectivity index (χ2n) is 5.86. The summed E-state index contributed by atoms with van der Waals surface area (Å²) in [5.74, 6) is 0.200. The van der Waals surface area contributed by atoms with Crippen molar-refractivity contribution in [1.29, 1.82) is 0 Å². The zero-order valence-corrected chi connectivity index (χ0v) is 13.6. The molecule has 0 aliphatic heterocycles. The normalized spacial score (nSPS) is 10.9. The Labute approximate surface area is 145 Å². The first-order valence-corrected chi connectivity index (χ1v) is 8.20. The van der Waals surface area contributed by atoms with Crippen LogP contribution >= 0.6 is 0 Å². The molecule has 25 heavy (non-hydrogen) atoms. The van der Waals surface area contributed by atoms with Crippen LogP contribution in [-0.2, 0) is 6.42 Å². The van der Waals surface area contributed by atoms with Crippen LogP contribution in [0.1, 0.15) is 5.56 Å². The van der Waals surface area contributed by atoms with Gasteiger partial charge in [0.25, 0.3) is 0 Å². The molecule has 5 nitrogen and oxygen atoms in total. The number of H-pyrrole nitrogens is 1. The minimum atomic E-state index is 0.200. The lowest BCUT2D eigenvalue weighted by atomic mass is 10.1. The number of anilines is 1. The van der Waals surface area contributed by atoms with Crippen molar-refractivity contribution in [3.63, 3.8) is 0 Å². The largest absolute Gasteiger partial charge is 0.507 e. The Bertz CT molecular complexity index is 995. The third-order valence-corrected chi connectivity index (χ3v) is 4.19. The van der Waals surface area contributed by atoms with E-state index in [-0.39, 0.29) is 5.75 Å². The fourth-order valence-corrected chi connectivity index (χ4v) is 2.92. The van der Waals surface area contributed by atoms with E-state index in [9.17, 15) is 5.11 Å². The highest BCUT2D eigenvalue weighted by molar-refractivity contribution is 5.92. The molecule has 3 N–H and O–H groups in total. The predicted octanol–water partition coefficient (Wildman–Crippen LogP) is 3.99. The maximum Gasteiger partial charge on any atom is 0.141 e. The van der Waals surface area contributed by atoms with Crippen LogP contribution in [0.2, 0.25) is 0 Å². The molecule has 0 atom stereocenters. The number of aromatic nitrogens is 3. The van der Waals surface area contributed by atoms with Gasteiger partial charge in [-0.2, -0.15) is 0 Å². The van der Waals surface area contributed by atoms with Crippen LogP contribution in [0, 0.1) is 0 Å². The van der Waals surface area contributed by atoms with E-state index in [1.807, 2.05) is 42.6 Å². The van der Waals surface area contributed by atoms with Gasteiger partial charge in [-0.15, -0.1) is 0 Å². The highest BCUT2D eigenvalue weighted by Gasteiger charge is 2.11. The lowest BCUT2D eigenvalue weighted by Gasteiger charge is -2.10. The Hall–Kier alpha value is -3.34. The number of aromatic hydroxyl groups is 1. The van der Waals surface area contributed by atoms with Gasteiger partial charge in [0.1, 0.15) is 17.7 Å². The van der Waals surface area contributed by atoms with Crippen LogP contribution in [0.5, 0.6) is 5.75 Å². The van der Waals surface area contributed by atoms with E-state index in [2.05, 4.69) is 32.4 Å². The molecule has 0 unspecified atom stereocenters. The summed E-state index contributed by atoms with van der Waals surface area (Å²) in [6.07, 6.45) is 4.25. The molecule has 0 bridgehead atoms. The average molecular weight is 330 g/mol. The van der Waals surface area contributed by atoms with Gasteiger partial charge in [0.2, 0.25) is 0 Å². The average Bonchev–Trinajstić information content (AvgIpc) is 3.12. The molecule has 0 aliphatic carbocycles. The van der Waals surface area contributed by atoms with Crippen LogP contribution in [0.15, 0.2) is 67.1 Å². The van der Waals surface area contributed by atoms with E-state index in [0.717, 1.165) is 35.4 Å². The number of nitrogens with zero attached hydrogens (tertiary/aromatic N) is 2. The number of benzene rings is 2. The van der Waals surface area contributed by atoms with Gasteiger partial charge in [0.05, 0.1) is 5.69 Å². The Balaban J connectivity index is 1.52. The standard InChI is InChI=1S/C20H18N4O/c25-18-12-15(21-10-8-14-4-2-1-3-5-14)6-7-16(18)19-17-9-11-22-20(17)24-13-23-19/h1-7,9,11-13,21,25H,8,10H2,(H,22,23,24). The van der Waals surface area contributed by atoms with Gasteiger partial charge in [-0.1, -0.05) is 30.3 Å². The first-order valence-electron chi connectivity index (χ1n) is 8.20. The number of phenolic OH excluding ortho intramolecular Hbond substituents is 1. The van der Waals surface area contributed by atoms with Gasteiger partial charge < -0.3 is 15.4 Å². The minimum absolute atomic E-state index is 0.200. The molecule has 4 rings (SSSR count). The van der Waals surface area contributed by atoms with Gasteiger partial charge in [0.15, 0.2) is 0 Å². The molecule has 0 amide bonds. The highest BCUT2D eigenvalue weighted by atomic mass is 16.3. The van der Waals surface area contributed by atoms with Crippen LogP contribution in [-0.4, -0.2) is 26.6 Å². The van der Waals surface area contributed by atoms with Crippen LogP contribution in [0.4, 0.5) is 5.69 Å². The number of fused-ring (bicyclic) bond motifs is 1. The second kappa shape index (κ2) is 6.65. The highest BCUT2D eigenvalue weighted by Crippen LogP contribution is 2.33. The molecule has 2 heterocycles. The van der Waals surface area contributed by atoms with Gasteiger partial charge >= 0.3 is 0 Å². The third-order valence-electron chi connectivity index (χ3n) is 4.19. The fraction of sp³-hybridized carbons (Fsp3) is 0.100. The lowest BCUT2D eigenvalue weighted by Crippen LogP contribution is -2.04. The molecule has 0 saturated carbocycles. The molecule has 124 valence electrons. The van der Waals surface area contributed by atoms with Crippen LogP contribution in [0.3, 0.4) is 0 Å². The number of hydrogen-bond donors (Lipinski definition) is 3. The molecule has 2 aromatic carbocycles. The zero-order chi connectivity index (χ0) is 17.1. The molecule has 5 heteroatoms. The lowest BCUT2D eigenvalue weighted by molar-refractivity contribution is 0.477. The third kappa shape index (κ3) is 3.17. The van der Waals surface area contributed by atoms with E-state index in [1.54, 1.807) is 6.07 Å². The maximum atomic E-state index is 10.4. The monoisotopic (exact) mass is 330 g/mol. The quantitative estimate of drug-likeness (QED) is 0.517. The van der Waals surface area contributed by atoms with Crippen LogP contribution in [0.25, 0.3) is 22.3 Å². The Morgan fingerprint density at radius 3 is 2.72 bits per heavy atom. The molecular formula is C20H18N4O. The number of hydrogen-bond acceptors (Lipinski definition) is 4. The molecule has 0 fully saturated rings. The molecule has 0 aliphatic rings. The summed E-state index contributed by atoms with van der Waals surface area (Å²) in [4.78, 5) is 11.6. The van der Waals surface area contributed by atoms with E-state index >= 15 is 0 Å². The van der Waals surface area contributed by atoms with E-state index in [4.69, 9.17) is 0 Å². The van der Waals surface area contributed by atoms with Crippen molar-refractivity contribution in [2.75, 3.05) is 11.9 Å². The fourth-order valence-electron chi connectivity index (χ4n) is 2.92. The van der Waals surface area contributed by atoms with E-state index < -0.39 is 0 Å². The van der Waals surface area contributed by atoms with Crippen molar-refractivity contribution >= 4 is 16.7 Å². The minimum Gasteiger partial charge on any atom is -0.507 e. The van der Waals surface area contributed by atoms with Crippen molar-refractivity contribution in [3.05, 3.63) is 72.7 Å². The van der Waals surface area contributed by atoms with Crippen molar-refractivity contribution in [2.45, 2.75) is 6.42 Å². The van der Waals surface area contributed by atoms with E-state index in [1.165, 1.54) is 11.9 Å². The van der Waals surface area contributed by atoms with Gasteiger partial charge in [-0.3, -0.25) is 0 Å². The molecule has 4 aromatic rings. The summed E-state index contributed by atoms with van der Waals surface area (Å²) in [7, 11) is 0. The first kappa shape index (κ1) is 15.2. The Morgan fingerprint density at radius 2 is 1.88 bits per heavy atom. The second-order valence-corrected chi connectivity index (χ2v) is 5.86. The molecule has 2 aromatic heterocycles. The smallest absolute Gasteiger partial charge is 0.141 e. The van der Waals surface area contributed by atoms with Gasteiger partial charge in [-0.05, 0) is 30.2 Å². The maximum absolute atomic E-state index is 10.4. The van der Waals surface area contributed by atoms with Gasteiger partial charge in [0, 0.05) is 35.4 Å². The van der Waals surface area contributed by atoms with Crippen molar-refractivity contribution in [3.8, 4) is 17.0 Å². The zero-order valence-electron chi connectivity index (χ0n) is 13.6. The Kier molecular flexibility index (Phi) is 4.04. The summed E-state index contributed by atoms with van der Waals surface area (Å²) in [5, 5.41) is 14.7. The number of aromatic amines is 1. The van der Waals surface area contributed by atoms with Crippen molar-refractivity contribution in [2.24, 2.45) is 0 Å². The SMILES string of the molecule is Oc1cc(NCCc2ccccc2)ccc1-c1ncnc2[nH]ccc12. The summed E-state index contributed by atoms with van der Waals surface area (Å²) in [5.41, 5.74) is 4.35. The first-order chi connectivity index (χ1) is 12.3. The van der Waals surface area contributed by atoms with Gasteiger partial charge in [-0.25, -0.2) is 9.97 Å². The molecular weight excluding hydrogens is 312 g/mol. The topological polar surface area (TPSA) is 73.8 Å². The molecule has 0 spiro atoms. The van der Waals surface area contributed by atoms with Crippen LogP contribution < -0.4 is 5.32 Å². The summed E-state index contributed by atoms with van der Waals surface area (Å²) in [6.45, 7) is 0.804. The van der Waals surface area contributed by atoms with Crippen molar-refractivity contribution in [1.82, 2.24) is 15.0 Å². The predicted molar refractivity (Wildman–Crippen MR) is 99.6 cm³/mol. The number of nitrogens with one attached hydrogen (secondary N) is 2. The molecule has 0 saturated heterocycles. The summed E-state index contributed by atoms with van der Waals surface area (Å²) < 4.78 is 0. The van der Waals surface area contributed by atoms with E-state index in [0.29, 0.717) is 5.56 Å². The molecule has 0 radical (unpaired) electrons.